The highest BCUT2D eigenvalue weighted by atomic mass is 16.2. The zero-order valence-electron chi connectivity index (χ0n) is 16.6. The fraction of sp³-hybridized carbons (Fsp3) is 0.240. The van der Waals surface area contributed by atoms with Gasteiger partial charge >= 0.3 is 0 Å². The molecule has 1 N–H and O–H groups in total. The highest BCUT2D eigenvalue weighted by molar-refractivity contribution is 5.95. The second kappa shape index (κ2) is 9.86. The average Bonchev–Trinajstić information content (AvgIpc) is 2.73. The van der Waals surface area contributed by atoms with E-state index in [0.29, 0.717) is 13.1 Å². The molecule has 3 aromatic rings. The standard InChI is InChI=1S/C25H28N2O/c1-20(2)27(23-16-10-5-11-17-23)25(28)19-26-18-24(21-12-6-3-7-13-21)22-14-8-4-9-15-22/h3-17,20,24,26H,18-19H2,1-2H3. The van der Waals surface area contributed by atoms with Gasteiger partial charge in [-0.05, 0) is 37.1 Å². The second-order valence-electron chi connectivity index (χ2n) is 7.20. The molecule has 0 unspecified atom stereocenters. The van der Waals surface area contributed by atoms with Crippen LogP contribution < -0.4 is 10.2 Å². The second-order valence-corrected chi connectivity index (χ2v) is 7.20. The van der Waals surface area contributed by atoms with Crippen LogP contribution in [-0.2, 0) is 4.79 Å². The summed E-state index contributed by atoms with van der Waals surface area (Å²) < 4.78 is 0. The predicted molar refractivity (Wildman–Crippen MR) is 117 cm³/mol. The molecule has 144 valence electrons. The molecule has 0 aliphatic heterocycles. The van der Waals surface area contributed by atoms with Crippen LogP contribution in [0.25, 0.3) is 0 Å². The number of rotatable bonds is 8. The van der Waals surface area contributed by atoms with Crippen LogP contribution in [-0.4, -0.2) is 25.0 Å². The third-order valence-electron chi connectivity index (χ3n) is 4.85. The molecule has 0 aliphatic rings. The Bertz CT molecular complexity index is 808. The number of amides is 1. The van der Waals surface area contributed by atoms with Gasteiger partial charge in [0, 0.05) is 24.2 Å². The maximum atomic E-state index is 12.9. The molecule has 1 amide bonds. The van der Waals surface area contributed by atoms with Gasteiger partial charge in [-0.3, -0.25) is 4.79 Å². The van der Waals surface area contributed by atoms with Crippen molar-refractivity contribution in [1.82, 2.24) is 5.32 Å². The smallest absolute Gasteiger partial charge is 0.241 e. The van der Waals surface area contributed by atoms with E-state index in [4.69, 9.17) is 0 Å². The minimum absolute atomic E-state index is 0.0843. The Balaban J connectivity index is 1.69. The Morgan fingerprint density at radius 2 is 1.25 bits per heavy atom. The maximum absolute atomic E-state index is 12.9. The van der Waals surface area contributed by atoms with E-state index in [9.17, 15) is 4.79 Å². The van der Waals surface area contributed by atoms with E-state index < -0.39 is 0 Å². The van der Waals surface area contributed by atoms with Gasteiger partial charge in [0.05, 0.1) is 6.54 Å². The number of nitrogens with zero attached hydrogens (tertiary/aromatic N) is 1. The maximum Gasteiger partial charge on any atom is 0.241 e. The SMILES string of the molecule is CC(C)N(C(=O)CNCC(c1ccccc1)c1ccccc1)c1ccccc1. The molecule has 3 aromatic carbocycles. The number of carbonyl (C=O) groups is 1. The lowest BCUT2D eigenvalue weighted by atomic mass is 9.91. The van der Waals surface area contributed by atoms with Gasteiger partial charge in [0.25, 0.3) is 0 Å². The third-order valence-corrected chi connectivity index (χ3v) is 4.85. The summed E-state index contributed by atoms with van der Waals surface area (Å²) in [5.74, 6) is 0.292. The van der Waals surface area contributed by atoms with Crippen molar-refractivity contribution in [3.63, 3.8) is 0 Å². The molecule has 0 aromatic heterocycles. The van der Waals surface area contributed by atoms with Crippen LogP contribution in [0.15, 0.2) is 91.0 Å². The summed E-state index contributed by atoms with van der Waals surface area (Å²) >= 11 is 0. The molecule has 0 fully saturated rings. The van der Waals surface area contributed by atoms with Gasteiger partial charge in [0.2, 0.25) is 5.91 Å². The number of benzene rings is 3. The van der Waals surface area contributed by atoms with Gasteiger partial charge in [0.1, 0.15) is 0 Å². The number of carbonyl (C=O) groups excluding carboxylic acids is 1. The zero-order chi connectivity index (χ0) is 19.8. The lowest BCUT2D eigenvalue weighted by Crippen LogP contribution is -2.43. The molecular weight excluding hydrogens is 344 g/mol. The van der Waals surface area contributed by atoms with Crippen LogP contribution in [0.5, 0.6) is 0 Å². The van der Waals surface area contributed by atoms with E-state index in [1.165, 1.54) is 11.1 Å². The number of nitrogens with one attached hydrogen (secondary N) is 1. The Hall–Kier alpha value is -2.91. The fourth-order valence-corrected chi connectivity index (χ4v) is 3.53. The quantitative estimate of drug-likeness (QED) is 0.613. The van der Waals surface area contributed by atoms with Crippen LogP contribution in [0.4, 0.5) is 5.69 Å². The minimum Gasteiger partial charge on any atom is -0.309 e. The summed E-state index contributed by atoms with van der Waals surface area (Å²) in [7, 11) is 0. The molecule has 0 saturated carbocycles. The first-order valence-electron chi connectivity index (χ1n) is 9.84. The summed E-state index contributed by atoms with van der Waals surface area (Å²) in [6, 6.07) is 30.9. The third kappa shape index (κ3) is 5.08. The molecule has 0 heterocycles. The molecule has 3 heteroatoms. The molecule has 0 saturated heterocycles. The number of para-hydroxylation sites is 1. The number of hydrogen-bond acceptors (Lipinski definition) is 2. The molecule has 28 heavy (non-hydrogen) atoms. The average molecular weight is 373 g/mol. The Morgan fingerprint density at radius 1 is 0.786 bits per heavy atom. The summed E-state index contributed by atoms with van der Waals surface area (Å²) in [6.45, 7) is 5.10. The Labute approximate surface area is 168 Å². The van der Waals surface area contributed by atoms with Crippen molar-refractivity contribution in [2.24, 2.45) is 0 Å². The van der Waals surface area contributed by atoms with Gasteiger partial charge in [-0.25, -0.2) is 0 Å². The van der Waals surface area contributed by atoms with Gasteiger partial charge in [-0.15, -0.1) is 0 Å². The molecule has 0 bridgehead atoms. The van der Waals surface area contributed by atoms with E-state index >= 15 is 0 Å². The molecule has 0 atom stereocenters. The lowest BCUT2D eigenvalue weighted by molar-refractivity contribution is -0.118. The van der Waals surface area contributed by atoms with E-state index in [2.05, 4.69) is 53.8 Å². The first-order valence-corrected chi connectivity index (χ1v) is 9.84. The van der Waals surface area contributed by atoms with Crippen LogP contribution in [0, 0.1) is 0 Å². The zero-order valence-corrected chi connectivity index (χ0v) is 16.6. The van der Waals surface area contributed by atoms with Crippen molar-refractivity contribution in [2.45, 2.75) is 25.8 Å². The van der Waals surface area contributed by atoms with Crippen LogP contribution >= 0.6 is 0 Å². The first kappa shape index (κ1) is 19.8. The highest BCUT2D eigenvalue weighted by Gasteiger charge is 2.19. The van der Waals surface area contributed by atoms with E-state index in [-0.39, 0.29) is 17.9 Å². The van der Waals surface area contributed by atoms with E-state index in [1.54, 1.807) is 0 Å². The van der Waals surface area contributed by atoms with Crippen molar-refractivity contribution in [2.75, 3.05) is 18.0 Å². The van der Waals surface area contributed by atoms with Gasteiger partial charge in [-0.2, -0.15) is 0 Å². The number of anilines is 1. The van der Waals surface area contributed by atoms with Gasteiger partial charge in [-0.1, -0.05) is 78.9 Å². The van der Waals surface area contributed by atoms with Gasteiger partial charge in [0.15, 0.2) is 0 Å². The molecule has 0 radical (unpaired) electrons. The molecule has 3 nitrogen and oxygen atoms in total. The normalized spacial score (nSPS) is 11.0. The van der Waals surface area contributed by atoms with Gasteiger partial charge < -0.3 is 10.2 Å². The number of hydrogen-bond donors (Lipinski definition) is 1. The van der Waals surface area contributed by atoms with Crippen LogP contribution in [0.1, 0.15) is 30.9 Å². The van der Waals surface area contributed by atoms with E-state index in [1.807, 2.05) is 61.2 Å². The van der Waals surface area contributed by atoms with Crippen molar-refractivity contribution in [3.8, 4) is 0 Å². The van der Waals surface area contributed by atoms with Crippen molar-refractivity contribution >= 4 is 11.6 Å². The monoisotopic (exact) mass is 372 g/mol. The summed E-state index contributed by atoms with van der Waals surface area (Å²) in [4.78, 5) is 14.8. The Morgan fingerprint density at radius 3 is 1.71 bits per heavy atom. The summed E-state index contributed by atoms with van der Waals surface area (Å²) in [5.41, 5.74) is 3.43. The summed E-state index contributed by atoms with van der Waals surface area (Å²) in [5, 5.41) is 3.40. The van der Waals surface area contributed by atoms with Crippen molar-refractivity contribution in [1.29, 1.82) is 0 Å². The first-order chi connectivity index (χ1) is 13.7. The van der Waals surface area contributed by atoms with E-state index in [0.717, 1.165) is 5.69 Å². The molecule has 3 rings (SSSR count). The topological polar surface area (TPSA) is 32.3 Å². The lowest BCUT2D eigenvalue weighted by Gasteiger charge is -2.27. The van der Waals surface area contributed by atoms with Crippen molar-refractivity contribution in [3.05, 3.63) is 102 Å². The minimum atomic E-state index is 0.0843. The predicted octanol–water partition coefficient (Wildman–Crippen LogP) is 4.85. The summed E-state index contributed by atoms with van der Waals surface area (Å²) in [6.07, 6.45) is 0. The van der Waals surface area contributed by atoms with Crippen LogP contribution in [0.3, 0.4) is 0 Å². The van der Waals surface area contributed by atoms with Crippen LogP contribution in [0.2, 0.25) is 0 Å². The largest absolute Gasteiger partial charge is 0.309 e. The molecule has 0 aliphatic carbocycles. The molecule has 0 spiro atoms. The van der Waals surface area contributed by atoms with Crippen molar-refractivity contribution < 1.29 is 4.79 Å². The fourth-order valence-electron chi connectivity index (χ4n) is 3.53. The highest BCUT2D eigenvalue weighted by Crippen LogP contribution is 2.23. The molecular formula is C25H28N2O. The Kier molecular flexibility index (Phi) is 6.99.